The molecule has 0 saturated heterocycles. The molecule has 1 aromatic rings. The molecule has 2 heteroatoms. The van der Waals surface area contributed by atoms with E-state index in [9.17, 15) is 0 Å². The maximum atomic E-state index is 6.03. The molecule has 0 bridgehead atoms. The second-order valence-corrected chi connectivity index (χ2v) is 5.15. The van der Waals surface area contributed by atoms with Gasteiger partial charge in [-0.05, 0) is 16.8 Å². The predicted octanol–water partition coefficient (Wildman–Crippen LogP) is 2.89. The van der Waals surface area contributed by atoms with Crippen molar-refractivity contribution >= 4 is 26.3 Å². The minimum Gasteiger partial charge on any atom is -0.0845 e. The molecule has 0 saturated carbocycles. The summed E-state index contributed by atoms with van der Waals surface area (Å²) in [6.07, 6.45) is 1.23. The summed E-state index contributed by atoms with van der Waals surface area (Å²) in [6, 6.07) is 8.11. The van der Waals surface area contributed by atoms with E-state index >= 15 is 0 Å². The highest BCUT2D eigenvalue weighted by atomic mass is 35.5. The molecule has 0 aromatic heterocycles. The summed E-state index contributed by atoms with van der Waals surface area (Å²) in [7, 11) is 0.845. The third-order valence-electron chi connectivity index (χ3n) is 1.89. The van der Waals surface area contributed by atoms with E-state index in [4.69, 9.17) is 11.6 Å². The molecule has 0 aliphatic rings. The van der Waals surface area contributed by atoms with Crippen molar-refractivity contribution in [2.45, 2.75) is 25.8 Å². The number of rotatable bonds is 3. The highest BCUT2D eigenvalue weighted by Crippen LogP contribution is 2.09. The van der Waals surface area contributed by atoms with Crippen molar-refractivity contribution in [1.82, 2.24) is 0 Å². The fraction of sp³-hybridized carbons (Fsp3) is 0.400. The quantitative estimate of drug-likeness (QED) is 0.653. The van der Waals surface area contributed by atoms with Crippen LogP contribution in [-0.4, -0.2) is 9.52 Å². The number of hydrogen-bond donors (Lipinski definition) is 0. The number of halogens is 1. The highest BCUT2D eigenvalue weighted by molar-refractivity contribution is 6.59. The molecule has 0 N–H and O–H groups in total. The molecular weight excluding hydrogens is 184 g/mol. The van der Waals surface area contributed by atoms with Crippen molar-refractivity contribution in [1.29, 1.82) is 0 Å². The maximum Gasteiger partial charge on any atom is 0.0860 e. The van der Waals surface area contributed by atoms with E-state index in [0.29, 0.717) is 0 Å². The van der Waals surface area contributed by atoms with Gasteiger partial charge in [-0.25, -0.2) is 0 Å². The van der Waals surface area contributed by atoms with Crippen molar-refractivity contribution in [3.8, 4) is 0 Å². The van der Waals surface area contributed by atoms with Gasteiger partial charge < -0.3 is 0 Å². The Morgan fingerprint density at radius 3 is 2.67 bits per heavy atom. The van der Waals surface area contributed by atoms with Crippen molar-refractivity contribution in [2.24, 2.45) is 0 Å². The standard InChI is InChI=1S/C10H13ClSi/c1-3-8(2)12-10-7-5-4-6-9(10)11/h4-8H,3H2,1-2H3. The zero-order valence-electron chi connectivity index (χ0n) is 7.47. The van der Waals surface area contributed by atoms with E-state index in [-0.39, 0.29) is 0 Å². The Morgan fingerprint density at radius 1 is 1.42 bits per heavy atom. The molecule has 0 aliphatic carbocycles. The Morgan fingerprint density at radius 2 is 2.08 bits per heavy atom. The van der Waals surface area contributed by atoms with Crippen LogP contribution in [0.3, 0.4) is 0 Å². The van der Waals surface area contributed by atoms with Crippen LogP contribution in [0, 0.1) is 0 Å². The molecule has 64 valence electrons. The average molecular weight is 197 g/mol. The van der Waals surface area contributed by atoms with Gasteiger partial charge in [0.15, 0.2) is 0 Å². The molecule has 1 rings (SSSR count). The van der Waals surface area contributed by atoms with Gasteiger partial charge in [-0.2, -0.15) is 0 Å². The Kier molecular flexibility index (Phi) is 3.83. The number of benzene rings is 1. The second kappa shape index (κ2) is 4.68. The van der Waals surface area contributed by atoms with Gasteiger partial charge in [0.1, 0.15) is 0 Å². The Bertz CT molecular complexity index is 247. The summed E-state index contributed by atoms with van der Waals surface area (Å²) >= 11 is 6.03. The maximum absolute atomic E-state index is 6.03. The SMILES string of the molecule is CCC(C)[Si]c1ccccc1Cl. The summed E-state index contributed by atoms with van der Waals surface area (Å²) in [4.78, 5) is 0. The second-order valence-electron chi connectivity index (χ2n) is 2.93. The minimum atomic E-state index is 0.755. The first kappa shape index (κ1) is 9.81. The third-order valence-corrected chi connectivity index (χ3v) is 4.02. The van der Waals surface area contributed by atoms with E-state index in [2.05, 4.69) is 26.0 Å². The molecule has 0 nitrogen and oxygen atoms in total. The molecule has 0 fully saturated rings. The van der Waals surface area contributed by atoms with Gasteiger partial charge in [-0.1, -0.05) is 50.1 Å². The predicted molar refractivity (Wildman–Crippen MR) is 56.6 cm³/mol. The lowest BCUT2D eigenvalue weighted by molar-refractivity contribution is 0.874. The van der Waals surface area contributed by atoms with Crippen LogP contribution in [0.2, 0.25) is 10.6 Å². The lowest BCUT2D eigenvalue weighted by atomic mass is 10.4. The summed E-state index contributed by atoms with van der Waals surface area (Å²) < 4.78 is 0. The van der Waals surface area contributed by atoms with Gasteiger partial charge in [0.05, 0.1) is 9.52 Å². The topological polar surface area (TPSA) is 0 Å². The average Bonchev–Trinajstić information content (AvgIpc) is 2.09. The molecule has 1 unspecified atom stereocenters. The van der Waals surface area contributed by atoms with Crippen molar-refractivity contribution in [3.05, 3.63) is 29.3 Å². The summed E-state index contributed by atoms with van der Waals surface area (Å²) in [5.41, 5.74) is 0.755. The van der Waals surface area contributed by atoms with Crippen LogP contribution in [-0.2, 0) is 0 Å². The summed E-state index contributed by atoms with van der Waals surface area (Å²) in [5, 5.41) is 2.21. The summed E-state index contributed by atoms with van der Waals surface area (Å²) in [5.74, 6) is 0. The summed E-state index contributed by atoms with van der Waals surface area (Å²) in [6.45, 7) is 4.48. The van der Waals surface area contributed by atoms with Crippen LogP contribution in [0.25, 0.3) is 0 Å². The van der Waals surface area contributed by atoms with Gasteiger partial charge in [0.2, 0.25) is 0 Å². The molecule has 0 spiro atoms. The van der Waals surface area contributed by atoms with E-state index in [1.165, 1.54) is 11.6 Å². The van der Waals surface area contributed by atoms with Gasteiger partial charge in [-0.3, -0.25) is 0 Å². The fourth-order valence-electron chi connectivity index (χ4n) is 0.946. The van der Waals surface area contributed by atoms with Crippen LogP contribution in [0.4, 0.5) is 0 Å². The van der Waals surface area contributed by atoms with Crippen LogP contribution in [0.5, 0.6) is 0 Å². The fourth-order valence-corrected chi connectivity index (χ4v) is 2.39. The Labute approximate surface area is 81.8 Å². The molecule has 1 aromatic carbocycles. The van der Waals surface area contributed by atoms with Gasteiger partial charge in [0.25, 0.3) is 0 Å². The van der Waals surface area contributed by atoms with E-state index < -0.39 is 0 Å². The van der Waals surface area contributed by atoms with Crippen molar-refractivity contribution < 1.29 is 0 Å². The first-order chi connectivity index (χ1) is 5.74. The minimum absolute atomic E-state index is 0.755. The molecule has 12 heavy (non-hydrogen) atoms. The molecule has 0 heterocycles. The lowest BCUT2D eigenvalue weighted by Crippen LogP contribution is -2.18. The monoisotopic (exact) mass is 196 g/mol. The Balaban J connectivity index is 2.69. The van der Waals surface area contributed by atoms with Gasteiger partial charge in [0, 0.05) is 5.02 Å². The van der Waals surface area contributed by atoms with Crippen molar-refractivity contribution in [3.63, 3.8) is 0 Å². The van der Waals surface area contributed by atoms with E-state index in [0.717, 1.165) is 20.1 Å². The van der Waals surface area contributed by atoms with Gasteiger partial charge >= 0.3 is 0 Å². The van der Waals surface area contributed by atoms with E-state index in [1.54, 1.807) is 0 Å². The lowest BCUT2D eigenvalue weighted by Gasteiger charge is -2.07. The van der Waals surface area contributed by atoms with Crippen LogP contribution >= 0.6 is 11.6 Å². The zero-order chi connectivity index (χ0) is 8.97. The molecular formula is C10H13ClSi. The smallest absolute Gasteiger partial charge is 0.0845 e. The van der Waals surface area contributed by atoms with Crippen LogP contribution in [0.1, 0.15) is 20.3 Å². The largest absolute Gasteiger partial charge is 0.0860 e. The first-order valence-corrected chi connectivity index (χ1v) is 5.70. The molecule has 2 radical (unpaired) electrons. The van der Waals surface area contributed by atoms with E-state index in [1.807, 2.05) is 12.1 Å². The normalized spacial score (nSPS) is 12.9. The van der Waals surface area contributed by atoms with Gasteiger partial charge in [-0.15, -0.1) is 0 Å². The number of hydrogen-bond acceptors (Lipinski definition) is 0. The van der Waals surface area contributed by atoms with Crippen LogP contribution in [0.15, 0.2) is 24.3 Å². The zero-order valence-corrected chi connectivity index (χ0v) is 9.23. The third kappa shape index (κ3) is 2.65. The molecule has 0 amide bonds. The first-order valence-electron chi connectivity index (χ1n) is 4.25. The Hall–Kier alpha value is -0.273. The van der Waals surface area contributed by atoms with Crippen LogP contribution < -0.4 is 5.19 Å². The van der Waals surface area contributed by atoms with Crippen molar-refractivity contribution in [2.75, 3.05) is 0 Å². The highest BCUT2D eigenvalue weighted by Gasteiger charge is 2.04. The molecule has 1 atom stereocenters. The molecule has 0 aliphatic heterocycles.